The lowest BCUT2D eigenvalue weighted by atomic mass is 9.75. The van der Waals surface area contributed by atoms with Crippen LogP contribution < -0.4 is 5.32 Å². The van der Waals surface area contributed by atoms with Crippen molar-refractivity contribution in [2.45, 2.75) is 57.0 Å². The fourth-order valence-electron chi connectivity index (χ4n) is 4.48. The van der Waals surface area contributed by atoms with Crippen LogP contribution in [0.15, 0.2) is 5.16 Å². The van der Waals surface area contributed by atoms with Gasteiger partial charge in [0, 0.05) is 30.8 Å². The minimum atomic E-state index is 0.581. The standard InChI is InChI=1S/C16H29N3O/c1-20-18-11-13-10-14(15-6-2-4-8-17-15)12-19-9-5-3-7-16(13)19/h11,13-17H,2-10,12H2,1H3/b18-11+/t13-,14+,15?,16+/m0/s1. The summed E-state index contributed by atoms with van der Waals surface area (Å²) < 4.78 is 0. The van der Waals surface area contributed by atoms with Crippen molar-refractivity contribution in [2.24, 2.45) is 17.0 Å². The highest BCUT2D eigenvalue weighted by Crippen LogP contribution is 2.35. The van der Waals surface area contributed by atoms with Gasteiger partial charge in [0.05, 0.1) is 0 Å². The molecule has 0 spiro atoms. The molecular formula is C16H29N3O. The van der Waals surface area contributed by atoms with Crippen LogP contribution in [0, 0.1) is 11.8 Å². The van der Waals surface area contributed by atoms with Crippen LogP contribution >= 0.6 is 0 Å². The second-order valence-electron chi connectivity index (χ2n) is 6.71. The normalized spacial score (nSPS) is 39.6. The monoisotopic (exact) mass is 279 g/mol. The number of nitrogens with zero attached hydrogens (tertiary/aromatic N) is 2. The van der Waals surface area contributed by atoms with Crippen LogP contribution in [0.1, 0.15) is 44.9 Å². The largest absolute Gasteiger partial charge is 0.399 e. The van der Waals surface area contributed by atoms with E-state index in [0.717, 1.165) is 12.0 Å². The second kappa shape index (κ2) is 6.90. The van der Waals surface area contributed by atoms with E-state index < -0.39 is 0 Å². The average Bonchev–Trinajstić information content (AvgIpc) is 2.53. The molecule has 1 N–H and O–H groups in total. The van der Waals surface area contributed by atoms with E-state index in [9.17, 15) is 0 Å². The molecule has 3 fully saturated rings. The molecule has 3 rings (SSSR count). The molecule has 4 heteroatoms. The van der Waals surface area contributed by atoms with Gasteiger partial charge in [-0.2, -0.15) is 0 Å². The Hall–Kier alpha value is -0.610. The van der Waals surface area contributed by atoms with Gasteiger partial charge in [-0.25, -0.2) is 0 Å². The Morgan fingerprint density at radius 2 is 2.10 bits per heavy atom. The number of hydrogen-bond acceptors (Lipinski definition) is 4. The summed E-state index contributed by atoms with van der Waals surface area (Å²) in [6.45, 7) is 3.78. The van der Waals surface area contributed by atoms with Crippen LogP contribution in [0.5, 0.6) is 0 Å². The Kier molecular flexibility index (Phi) is 4.94. The van der Waals surface area contributed by atoms with Crippen molar-refractivity contribution < 1.29 is 4.84 Å². The number of piperidine rings is 3. The first-order chi connectivity index (χ1) is 9.88. The van der Waals surface area contributed by atoms with E-state index in [1.165, 1.54) is 64.6 Å². The summed E-state index contributed by atoms with van der Waals surface area (Å²) in [5.41, 5.74) is 0. The van der Waals surface area contributed by atoms with E-state index >= 15 is 0 Å². The molecule has 0 aromatic rings. The topological polar surface area (TPSA) is 36.9 Å². The lowest BCUT2D eigenvalue weighted by molar-refractivity contribution is 0.0360. The van der Waals surface area contributed by atoms with Gasteiger partial charge in [0.1, 0.15) is 7.11 Å². The molecule has 0 radical (unpaired) electrons. The first-order valence-corrected chi connectivity index (χ1v) is 8.42. The van der Waals surface area contributed by atoms with E-state index in [-0.39, 0.29) is 0 Å². The summed E-state index contributed by atoms with van der Waals surface area (Å²) in [5, 5.41) is 7.85. The first kappa shape index (κ1) is 14.3. The third kappa shape index (κ3) is 3.17. The third-order valence-electron chi connectivity index (χ3n) is 5.48. The number of fused-ring (bicyclic) bond motifs is 1. The molecule has 3 heterocycles. The molecule has 3 aliphatic rings. The zero-order valence-electron chi connectivity index (χ0n) is 12.8. The Morgan fingerprint density at radius 3 is 2.90 bits per heavy atom. The fraction of sp³-hybridized carbons (Fsp3) is 0.938. The molecule has 20 heavy (non-hydrogen) atoms. The zero-order chi connectivity index (χ0) is 13.8. The predicted molar refractivity (Wildman–Crippen MR) is 82.0 cm³/mol. The van der Waals surface area contributed by atoms with Crippen molar-refractivity contribution >= 4 is 6.21 Å². The van der Waals surface area contributed by atoms with Crippen LogP contribution in [0.3, 0.4) is 0 Å². The van der Waals surface area contributed by atoms with E-state index in [0.29, 0.717) is 12.0 Å². The summed E-state index contributed by atoms with van der Waals surface area (Å²) in [7, 11) is 1.65. The molecule has 3 aliphatic heterocycles. The maximum Gasteiger partial charge on any atom is 0.106 e. The van der Waals surface area contributed by atoms with Crippen molar-refractivity contribution in [3.63, 3.8) is 0 Å². The molecule has 4 nitrogen and oxygen atoms in total. The molecule has 3 saturated heterocycles. The molecular weight excluding hydrogens is 250 g/mol. The highest BCUT2D eigenvalue weighted by Gasteiger charge is 2.39. The number of nitrogens with one attached hydrogen (secondary N) is 1. The highest BCUT2D eigenvalue weighted by atomic mass is 16.6. The van der Waals surface area contributed by atoms with Crippen molar-refractivity contribution in [3.05, 3.63) is 0 Å². The zero-order valence-corrected chi connectivity index (χ0v) is 12.8. The third-order valence-corrected chi connectivity index (χ3v) is 5.48. The molecule has 0 bridgehead atoms. The molecule has 0 amide bonds. The summed E-state index contributed by atoms with van der Waals surface area (Å²) in [6.07, 6.45) is 11.6. The van der Waals surface area contributed by atoms with Gasteiger partial charge >= 0.3 is 0 Å². The van der Waals surface area contributed by atoms with Crippen molar-refractivity contribution in [2.75, 3.05) is 26.7 Å². The first-order valence-electron chi connectivity index (χ1n) is 8.42. The molecule has 1 unspecified atom stereocenters. The minimum absolute atomic E-state index is 0.581. The highest BCUT2D eigenvalue weighted by molar-refractivity contribution is 5.61. The Labute approximate surface area is 122 Å². The van der Waals surface area contributed by atoms with Gasteiger partial charge in [-0.3, -0.25) is 4.90 Å². The summed E-state index contributed by atoms with van der Waals surface area (Å²) in [6, 6.07) is 1.44. The summed E-state index contributed by atoms with van der Waals surface area (Å²) in [5.74, 6) is 1.37. The average molecular weight is 279 g/mol. The van der Waals surface area contributed by atoms with Crippen LogP contribution in [0.25, 0.3) is 0 Å². The number of rotatable bonds is 3. The molecule has 0 aliphatic carbocycles. The smallest absolute Gasteiger partial charge is 0.106 e. The van der Waals surface area contributed by atoms with Crippen LogP contribution in [0.2, 0.25) is 0 Å². The Morgan fingerprint density at radius 1 is 1.20 bits per heavy atom. The van der Waals surface area contributed by atoms with Crippen molar-refractivity contribution in [3.8, 4) is 0 Å². The van der Waals surface area contributed by atoms with Gasteiger partial charge in [0.25, 0.3) is 0 Å². The molecule has 0 aromatic heterocycles. The van der Waals surface area contributed by atoms with Crippen molar-refractivity contribution in [1.29, 1.82) is 0 Å². The Balaban J connectivity index is 1.68. The summed E-state index contributed by atoms with van der Waals surface area (Å²) in [4.78, 5) is 7.68. The molecule has 0 aromatic carbocycles. The van der Waals surface area contributed by atoms with Gasteiger partial charge in [0.2, 0.25) is 0 Å². The maximum absolute atomic E-state index is 4.94. The van der Waals surface area contributed by atoms with E-state index in [1.807, 2.05) is 0 Å². The fourth-order valence-corrected chi connectivity index (χ4v) is 4.48. The van der Waals surface area contributed by atoms with Gasteiger partial charge in [0.15, 0.2) is 0 Å². The number of oxime groups is 1. The Bertz CT molecular complexity index is 328. The quantitative estimate of drug-likeness (QED) is 0.636. The van der Waals surface area contributed by atoms with Crippen molar-refractivity contribution in [1.82, 2.24) is 10.2 Å². The van der Waals surface area contributed by atoms with Gasteiger partial charge in [-0.05, 0) is 51.1 Å². The van der Waals surface area contributed by atoms with Crippen LogP contribution in [-0.2, 0) is 4.84 Å². The lowest BCUT2D eigenvalue weighted by Crippen LogP contribution is -2.56. The minimum Gasteiger partial charge on any atom is -0.399 e. The molecule has 114 valence electrons. The van der Waals surface area contributed by atoms with E-state index in [1.54, 1.807) is 7.11 Å². The van der Waals surface area contributed by atoms with Gasteiger partial charge < -0.3 is 10.2 Å². The molecule has 4 atom stereocenters. The molecule has 0 saturated carbocycles. The van der Waals surface area contributed by atoms with Gasteiger partial charge in [-0.15, -0.1) is 0 Å². The van der Waals surface area contributed by atoms with Gasteiger partial charge in [-0.1, -0.05) is 18.0 Å². The van der Waals surface area contributed by atoms with E-state index in [4.69, 9.17) is 4.84 Å². The van der Waals surface area contributed by atoms with Crippen LogP contribution in [-0.4, -0.2) is 49.9 Å². The SMILES string of the molecule is CO/N=C/[C@@H]1C[C@@H](C2CCCCN2)CN2CCCC[C@H]12. The second-order valence-corrected chi connectivity index (χ2v) is 6.71. The van der Waals surface area contributed by atoms with E-state index in [2.05, 4.69) is 21.6 Å². The predicted octanol–water partition coefficient (Wildman–Crippen LogP) is 2.25. The lowest BCUT2D eigenvalue weighted by Gasteiger charge is -2.48. The summed E-state index contributed by atoms with van der Waals surface area (Å²) >= 11 is 0. The van der Waals surface area contributed by atoms with Crippen LogP contribution in [0.4, 0.5) is 0 Å². The maximum atomic E-state index is 4.94. The number of hydrogen-bond donors (Lipinski definition) is 1.